The first kappa shape index (κ1) is 52.4. The second-order valence-electron chi connectivity index (χ2n) is 16.4. The zero-order chi connectivity index (χ0) is 39.4. The molecule has 0 aromatic rings. The smallest absolute Gasteiger partial charge is 0.306 e. The monoisotopic (exact) mass is 765 g/mol. The highest BCUT2D eigenvalue weighted by atomic mass is 16.6. The van der Waals surface area contributed by atoms with Gasteiger partial charge in [-0.25, -0.2) is 0 Å². The van der Waals surface area contributed by atoms with Crippen molar-refractivity contribution < 1.29 is 28.6 Å². The van der Waals surface area contributed by atoms with Gasteiger partial charge in [0, 0.05) is 19.3 Å². The molecule has 0 amide bonds. The lowest BCUT2D eigenvalue weighted by Gasteiger charge is -2.18. The first-order valence-electron chi connectivity index (χ1n) is 24.0. The van der Waals surface area contributed by atoms with E-state index in [9.17, 15) is 14.4 Å². The summed E-state index contributed by atoms with van der Waals surface area (Å²) in [5, 5.41) is 0. The summed E-state index contributed by atoms with van der Waals surface area (Å²) in [5.41, 5.74) is 0. The van der Waals surface area contributed by atoms with E-state index in [0.717, 1.165) is 57.8 Å². The third kappa shape index (κ3) is 41.6. The van der Waals surface area contributed by atoms with Crippen LogP contribution in [-0.4, -0.2) is 37.2 Å². The number of esters is 3. The van der Waals surface area contributed by atoms with Gasteiger partial charge in [0.25, 0.3) is 0 Å². The van der Waals surface area contributed by atoms with Crippen LogP contribution >= 0.6 is 0 Å². The molecule has 0 aromatic carbocycles. The van der Waals surface area contributed by atoms with Crippen LogP contribution in [0.1, 0.15) is 271 Å². The van der Waals surface area contributed by atoms with E-state index in [2.05, 4.69) is 20.8 Å². The Hall–Kier alpha value is -1.59. The summed E-state index contributed by atoms with van der Waals surface area (Å²) in [5.74, 6) is -0.848. The molecule has 0 rings (SSSR count). The summed E-state index contributed by atoms with van der Waals surface area (Å²) in [7, 11) is 0. The van der Waals surface area contributed by atoms with Crippen molar-refractivity contribution in [2.75, 3.05) is 13.2 Å². The Morgan fingerprint density at radius 3 is 0.741 bits per heavy atom. The molecule has 0 N–H and O–H groups in total. The summed E-state index contributed by atoms with van der Waals surface area (Å²) in [4.78, 5) is 37.7. The topological polar surface area (TPSA) is 78.9 Å². The van der Waals surface area contributed by atoms with Crippen molar-refractivity contribution in [2.24, 2.45) is 0 Å². The Balaban J connectivity index is 4.29. The van der Waals surface area contributed by atoms with E-state index in [4.69, 9.17) is 14.2 Å². The van der Waals surface area contributed by atoms with Crippen molar-refractivity contribution in [1.82, 2.24) is 0 Å². The second-order valence-corrected chi connectivity index (χ2v) is 16.4. The molecule has 320 valence electrons. The molecule has 1 atom stereocenters. The highest BCUT2D eigenvalue weighted by molar-refractivity contribution is 5.71. The molecule has 0 aromatic heterocycles. The molecule has 0 fully saturated rings. The first-order valence-corrected chi connectivity index (χ1v) is 24.0. The van der Waals surface area contributed by atoms with Crippen LogP contribution in [0.2, 0.25) is 0 Å². The zero-order valence-electron chi connectivity index (χ0n) is 36.5. The van der Waals surface area contributed by atoms with Crippen molar-refractivity contribution in [3.63, 3.8) is 0 Å². The summed E-state index contributed by atoms with van der Waals surface area (Å²) >= 11 is 0. The molecule has 0 saturated carbocycles. The lowest BCUT2D eigenvalue weighted by Crippen LogP contribution is -2.30. The van der Waals surface area contributed by atoms with Crippen molar-refractivity contribution in [3.05, 3.63) is 0 Å². The Morgan fingerprint density at radius 2 is 0.500 bits per heavy atom. The molecule has 0 aliphatic rings. The van der Waals surface area contributed by atoms with Crippen LogP contribution in [0.3, 0.4) is 0 Å². The number of carbonyl (C=O) groups excluding carboxylic acids is 3. The summed E-state index contributed by atoms with van der Waals surface area (Å²) in [6, 6.07) is 0. The van der Waals surface area contributed by atoms with Gasteiger partial charge in [0.2, 0.25) is 0 Å². The standard InChI is InChI=1S/C48H92O6/c1-4-7-10-13-16-19-22-24-25-27-30-32-35-38-41-47(50)53-44-45(54-48(51)42-39-36-33-28-21-18-15-12-9-6-3)43-52-46(49)40-37-34-31-29-26-23-20-17-14-11-8-5-2/h45H,4-44H2,1-3H3/t45-/m1/s1. The summed E-state index contributed by atoms with van der Waals surface area (Å²) < 4.78 is 16.7. The normalized spacial score (nSPS) is 11.8. The van der Waals surface area contributed by atoms with Gasteiger partial charge in [0.05, 0.1) is 0 Å². The maximum Gasteiger partial charge on any atom is 0.306 e. The Labute approximate surface area is 336 Å². The molecule has 0 spiro atoms. The fraction of sp³-hybridized carbons (Fsp3) is 0.938. The number of ether oxygens (including phenoxy) is 3. The van der Waals surface area contributed by atoms with Gasteiger partial charge < -0.3 is 14.2 Å². The average molecular weight is 765 g/mol. The minimum atomic E-state index is -0.758. The predicted molar refractivity (Wildman–Crippen MR) is 229 cm³/mol. The van der Waals surface area contributed by atoms with E-state index in [0.29, 0.717) is 19.3 Å². The highest BCUT2D eigenvalue weighted by Crippen LogP contribution is 2.16. The van der Waals surface area contributed by atoms with Crippen LogP contribution in [0.5, 0.6) is 0 Å². The van der Waals surface area contributed by atoms with E-state index < -0.39 is 6.10 Å². The van der Waals surface area contributed by atoms with Crippen molar-refractivity contribution in [2.45, 2.75) is 277 Å². The van der Waals surface area contributed by atoms with Gasteiger partial charge in [0.15, 0.2) is 6.10 Å². The number of hydrogen-bond acceptors (Lipinski definition) is 6. The maximum atomic E-state index is 12.7. The molecule has 0 aliphatic carbocycles. The molecule has 6 nitrogen and oxygen atoms in total. The minimum absolute atomic E-state index is 0.0624. The second kappa shape index (κ2) is 44.1. The van der Waals surface area contributed by atoms with Crippen LogP contribution in [0.25, 0.3) is 0 Å². The van der Waals surface area contributed by atoms with Crippen molar-refractivity contribution >= 4 is 17.9 Å². The van der Waals surface area contributed by atoms with Gasteiger partial charge >= 0.3 is 17.9 Å². The van der Waals surface area contributed by atoms with E-state index in [-0.39, 0.29) is 31.1 Å². The third-order valence-corrected chi connectivity index (χ3v) is 10.9. The van der Waals surface area contributed by atoms with Crippen LogP contribution in [0.4, 0.5) is 0 Å². The van der Waals surface area contributed by atoms with Gasteiger partial charge in [-0.2, -0.15) is 0 Å². The average Bonchev–Trinajstić information content (AvgIpc) is 3.17. The van der Waals surface area contributed by atoms with E-state index in [1.807, 2.05) is 0 Å². The Kier molecular flexibility index (Phi) is 42.8. The van der Waals surface area contributed by atoms with Crippen molar-refractivity contribution in [3.8, 4) is 0 Å². The van der Waals surface area contributed by atoms with Gasteiger partial charge in [-0.1, -0.05) is 233 Å². The number of rotatable bonds is 44. The molecule has 0 saturated heterocycles. The van der Waals surface area contributed by atoms with Crippen LogP contribution in [-0.2, 0) is 28.6 Å². The summed E-state index contributed by atoms with van der Waals surface area (Å²) in [6.45, 7) is 6.65. The Bertz CT molecular complexity index is 798. The molecule has 0 aliphatic heterocycles. The maximum absolute atomic E-state index is 12.7. The molecule has 54 heavy (non-hydrogen) atoms. The molecule has 0 unspecified atom stereocenters. The quantitative estimate of drug-likeness (QED) is 0.0349. The van der Waals surface area contributed by atoms with Gasteiger partial charge in [-0.15, -0.1) is 0 Å². The van der Waals surface area contributed by atoms with Gasteiger partial charge in [-0.3, -0.25) is 14.4 Å². The SMILES string of the molecule is CCCCCCCCCCCCCCCCC(=O)OC[C@@H](COC(=O)CCCCCCCCCCCCCC)OC(=O)CCCCCCCCCCCC. The molecule has 6 heteroatoms. The highest BCUT2D eigenvalue weighted by Gasteiger charge is 2.19. The zero-order valence-corrected chi connectivity index (χ0v) is 36.5. The number of hydrogen-bond donors (Lipinski definition) is 0. The largest absolute Gasteiger partial charge is 0.462 e. The Morgan fingerprint density at radius 1 is 0.296 bits per heavy atom. The molecule has 0 bridgehead atoms. The van der Waals surface area contributed by atoms with E-state index in [1.54, 1.807) is 0 Å². The molecule has 0 heterocycles. The number of unbranched alkanes of at least 4 members (excludes halogenated alkanes) is 33. The van der Waals surface area contributed by atoms with E-state index in [1.165, 1.54) is 173 Å². The van der Waals surface area contributed by atoms with Gasteiger partial charge in [-0.05, 0) is 19.3 Å². The van der Waals surface area contributed by atoms with Gasteiger partial charge in [0.1, 0.15) is 13.2 Å². The summed E-state index contributed by atoms with van der Waals surface area (Å²) in [6.07, 6.45) is 45.1. The predicted octanol–water partition coefficient (Wildman–Crippen LogP) is 15.3. The van der Waals surface area contributed by atoms with Crippen molar-refractivity contribution in [1.29, 1.82) is 0 Å². The minimum Gasteiger partial charge on any atom is -0.462 e. The lowest BCUT2D eigenvalue weighted by molar-refractivity contribution is -0.167. The van der Waals surface area contributed by atoms with E-state index >= 15 is 0 Å². The molecular weight excluding hydrogens is 673 g/mol. The fourth-order valence-corrected chi connectivity index (χ4v) is 7.21. The van der Waals surface area contributed by atoms with Crippen LogP contribution in [0, 0.1) is 0 Å². The fourth-order valence-electron chi connectivity index (χ4n) is 7.21. The number of carbonyl (C=O) groups is 3. The molecule has 0 radical (unpaired) electrons. The lowest BCUT2D eigenvalue weighted by atomic mass is 10.0. The van der Waals surface area contributed by atoms with Crippen LogP contribution < -0.4 is 0 Å². The third-order valence-electron chi connectivity index (χ3n) is 10.9. The van der Waals surface area contributed by atoms with Crippen LogP contribution in [0.15, 0.2) is 0 Å². The molecular formula is C48H92O6. The first-order chi connectivity index (χ1) is 26.5.